The van der Waals surface area contributed by atoms with Gasteiger partial charge in [0.25, 0.3) is 0 Å². The van der Waals surface area contributed by atoms with Gasteiger partial charge in [0.05, 0.1) is 5.60 Å². The molecule has 1 unspecified atom stereocenters. The van der Waals surface area contributed by atoms with Crippen LogP contribution in [0.3, 0.4) is 0 Å². The fourth-order valence-corrected chi connectivity index (χ4v) is 3.36. The highest BCUT2D eigenvalue weighted by molar-refractivity contribution is 4.94. The topological polar surface area (TPSA) is 46.2 Å². The highest BCUT2D eigenvalue weighted by Gasteiger charge is 2.41. The number of hydrogen-bond acceptors (Lipinski definition) is 2. The molecule has 1 rings (SSSR count). The van der Waals surface area contributed by atoms with Crippen LogP contribution in [0.4, 0.5) is 0 Å². The average Bonchev–Trinajstić information content (AvgIpc) is 2.31. The molecule has 0 saturated heterocycles. The van der Waals surface area contributed by atoms with E-state index in [2.05, 4.69) is 27.7 Å². The molecule has 1 fully saturated rings. The van der Waals surface area contributed by atoms with E-state index in [1.165, 1.54) is 6.42 Å². The summed E-state index contributed by atoms with van der Waals surface area (Å²) < 4.78 is 0. The molecule has 0 spiro atoms. The maximum absolute atomic E-state index is 10.7. The molecule has 1 atom stereocenters. The zero-order valence-electron chi connectivity index (χ0n) is 12.1. The van der Waals surface area contributed by atoms with E-state index in [9.17, 15) is 5.11 Å². The Bertz CT molecular complexity index is 225. The Morgan fingerprint density at radius 2 is 1.82 bits per heavy atom. The van der Waals surface area contributed by atoms with Crippen molar-refractivity contribution in [3.05, 3.63) is 0 Å². The molecular formula is C15H31NO. The van der Waals surface area contributed by atoms with Gasteiger partial charge in [0, 0.05) is 0 Å². The summed E-state index contributed by atoms with van der Waals surface area (Å²) in [5, 5.41) is 10.7. The van der Waals surface area contributed by atoms with Crippen molar-refractivity contribution in [3.8, 4) is 0 Å². The third-order valence-corrected chi connectivity index (χ3v) is 5.41. The van der Waals surface area contributed by atoms with Crippen LogP contribution < -0.4 is 5.73 Å². The second-order valence-corrected chi connectivity index (χ2v) is 6.56. The second-order valence-electron chi connectivity index (χ2n) is 6.56. The number of nitrogens with two attached hydrogens (primary N) is 1. The van der Waals surface area contributed by atoms with Crippen LogP contribution in [0.2, 0.25) is 0 Å². The number of hydrogen-bond donors (Lipinski definition) is 2. The summed E-state index contributed by atoms with van der Waals surface area (Å²) in [6.07, 6.45) is 6.42. The van der Waals surface area contributed by atoms with Crippen molar-refractivity contribution in [2.45, 2.75) is 71.8 Å². The molecule has 2 heteroatoms. The van der Waals surface area contributed by atoms with Gasteiger partial charge in [-0.15, -0.1) is 0 Å². The summed E-state index contributed by atoms with van der Waals surface area (Å²) in [7, 11) is 0. The Morgan fingerprint density at radius 1 is 1.29 bits per heavy atom. The van der Waals surface area contributed by atoms with E-state index in [4.69, 9.17) is 5.73 Å². The van der Waals surface area contributed by atoms with Gasteiger partial charge >= 0.3 is 0 Å². The monoisotopic (exact) mass is 241 g/mol. The summed E-state index contributed by atoms with van der Waals surface area (Å²) in [5.41, 5.74) is 5.73. The first-order valence-corrected chi connectivity index (χ1v) is 7.32. The smallest absolute Gasteiger partial charge is 0.0688 e. The molecule has 0 radical (unpaired) electrons. The normalized spacial score (nSPS) is 32.5. The molecule has 2 nitrogen and oxygen atoms in total. The maximum atomic E-state index is 10.7. The van der Waals surface area contributed by atoms with E-state index < -0.39 is 5.60 Å². The lowest BCUT2D eigenvalue weighted by Gasteiger charge is -2.45. The van der Waals surface area contributed by atoms with Crippen LogP contribution in [-0.4, -0.2) is 17.3 Å². The van der Waals surface area contributed by atoms with Crippen molar-refractivity contribution in [1.29, 1.82) is 0 Å². The fourth-order valence-electron chi connectivity index (χ4n) is 3.36. The van der Waals surface area contributed by atoms with Crippen LogP contribution in [-0.2, 0) is 0 Å². The minimum Gasteiger partial charge on any atom is -0.390 e. The first-order valence-electron chi connectivity index (χ1n) is 7.32. The molecule has 1 saturated carbocycles. The zero-order valence-corrected chi connectivity index (χ0v) is 12.1. The van der Waals surface area contributed by atoms with Crippen molar-refractivity contribution in [3.63, 3.8) is 0 Å². The average molecular weight is 241 g/mol. The predicted octanol–water partition coefficient (Wildman–Crippen LogP) is 3.33. The third kappa shape index (κ3) is 3.23. The van der Waals surface area contributed by atoms with Gasteiger partial charge in [-0.2, -0.15) is 0 Å². The second kappa shape index (κ2) is 5.71. The van der Waals surface area contributed by atoms with E-state index in [1.807, 2.05) is 0 Å². The van der Waals surface area contributed by atoms with Crippen LogP contribution >= 0.6 is 0 Å². The largest absolute Gasteiger partial charge is 0.390 e. The Morgan fingerprint density at radius 3 is 2.18 bits per heavy atom. The molecule has 3 N–H and O–H groups in total. The molecule has 1 aliphatic carbocycles. The lowest BCUT2D eigenvalue weighted by molar-refractivity contribution is -0.0701. The first-order chi connectivity index (χ1) is 7.89. The Labute approximate surface area is 107 Å². The van der Waals surface area contributed by atoms with Crippen molar-refractivity contribution in [2.24, 2.45) is 23.0 Å². The standard InChI is InChI=1S/C15H31NO/c1-5-12(11-16)15(17)9-7-13(8-10-15)14(3,4)6-2/h12-13,17H,5-11,16H2,1-4H3. The molecule has 0 aliphatic heterocycles. The minimum atomic E-state index is -0.482. The Hall–Kier alpha value is -0.0800. The van der Waals surface area contributed by atoms with Crippen LogP contribution in [0.15, 0.2) is 0 Å². The molecule has 102 valence electrons. The van der Waals surface area contributed by atoms with E-state index >= 15 is 0 Å². The van der Waals surface area contributed by atoms with Gasteiger partial charge in [-0.1, -0.05) is 34.1 Å². The molecule has 0 aromatic heterocycles. The lowest BCUT2D eigenvalue weighted by Crippen LogP contribution is -2.46. The number of aliphatic hydroxyl groups is 1. The lowest BCUT2D eigenvalue weighted by atomic mass is 9.63. The van der Waals surface area contributed by atoms with Gasteiger partial charge in [-0.25, -0.2) is 0 Å². The van der Waals surface area contributed by atoms with Gasteiger partial charge in [-0.3, -0.25) is 0 Å². The van der Waals surface area contributed by atoms with Gasteiger partial charge in [0.2, 0.25) is 0 Å². The fraction of sp³-hybridized carbons (Fsp3) is 1.00. The van der Waals surface area contributed by atoms with Crippen molar-refractivity contribution in [2.75, 3.05) is 6.54 Å². The van der Waals surface area contributed by atoms with Crippen LogP contribution in [0.25, 0.3) is 0 Å². The van der Waals surface area contributed by atoms with E-state index in [0.29, 0.717) is 12.0 Å². The third-order valence-electron chi connectivity index (χ3n) is 5.41. The predicted molar refractivity (Wildman–Crippen MR) is 73.8 cm³/mol. The van der Waals surface area contributed by atoms with Gasteiger partial charge in [0.1, 0.15) is 0 Å². The number of rotatable bonds is 5. The molecule has 0 aromatic rings. The van der Waals surface area contributed by atoms with Crippen LogP contribution in [0.5, 0.6) is 0 Å². The van der Waals surface area contributed by atoms with Crippen molar-refractivity contribution >= 4 is 0 Å². The Kier molecular flexibility index (Phi) is 5.03. The van der Waals surface area contributed by atoms with E-state index in [1.54, 1.807) is 0 Å². The molecule has 0 aromatic carbocycles. The highest BCUT2D eigenvalue weighted by atomic mass is 16.3. The van der Waals surface area contributed by atoms with Crippen molar-refractivity contribution < 1.29 is 5.11 Å². The van der Waals surface area contributed by atoms with Crippen LogP contribution in [0, 0.1) is 17.3 Å². The minimum absolute atomic E-state index is 0.285. The summed E-state index contributed by atoms with van der Waals surface area (Å²) in [6.45, 7) is 9.76. The van der Waals surface area contributed by atoms with Crippen molar-refractivity contribution in [1.82, 2.24) is 0 Å². The van der Waals surface area contributed by atoms with E-state index in [-0.39, 0.29) is 5.92 Å². The zero-order chi connectivity index (χ0) is 13.1. The summed E-state index contributed by atoms with van der Waals surface area (Å²) >= 11 is 0. The Balaban J connectivity index is 2.61. The maximum Gasteiger partial charge on any atom is 0.0688 e. The molecule has 1 aliphatic rings. The molecular weight excluding hydrogens is 210 g/mol. The first kappa shape index (κ1) is 15.0. The molecule has 0 bridgehead atoms. The highest BCUT2D eigenvalue weighted by Crippen LogP contribution is 2.45. The van der Waals surface area contributed by atoms with E-state index in [0.717, 1.165) is 38.0 Å². The quantitative estimate of drug-likeness (QED) is 0.775. The molecule has 17 heavy (non-hydrogen) atoms. The molecule has 0 amide bonds. The van der Waals surface area contributed by atoms with Gasteiger partial charge in [0.15, 0.2) is 0 Å². The summed E-state index contributed by atoms with van der Waals surface area (Å²) in [6, 6.07) is 0. The SMILES string of the molecule is CCC(CN)C1(O)CCC(C(C)(C)CC)CC1. The van der Waals surface area contributed by atoms with Gasteiger partial charge < -0.3 is 10.8 Å². The summed E-state index contributed by atoms with van der Waals surface area (Å²) in [4.78, 5) is 0. The molecule has 0 heterocycles. The van der Waals surface area contributed by atoms with Gasteiger partial charge in [-0.05, 0) is 55.9 Å². The van der Waals surface area contributed by atoms with Crippen LogP contribution in [0.1, 0.15) is 66.2 Å². The summed E-state index contributed by atoms with van der Waals surface area (Å²) in [5.74, 6) is 1.05.